The van der Waals surface area contributed by atoms with Crippen LogP contribution in [0.3, 0.4) is 0 Å². The number of hydrogen-bond acceptors (Lipinski definition) is 2. The molecule has 2 rings (SSSR count). The predicted octanol–water partition coefficient (Wildman–Crippen LogP) is 4.71. The number of nitrogens with zero attached hydrogens (tertiary/aromatic N) is 1. The molecule has 0 unspecified atom stereocenters. The van der Waals surface area contributed by atoms with Crippen LogP contribution in [0.2, 0.25) is 5.02 Å². The number of pyridine rings is 1. The monoisotopic (exact) mass is 285 g/mol. The molecule has 0 aliphatic heterocycles. The molecule has 0 N–H and O–H groups in total. The van der Waals surface area contributed by atoms with Gasteiger partial charge in [0.2, 0.25) is 5.88 Å². The van der Waals surface area contributed by atoms with Crippen molar-refractivity contribution >= 4 is 23.2 Å². The van der Waals surface area contributed by atoms with Gasteiger partial charge in [0.05, 0.1) is 16.6 Å². The van der Waals surface area contributed by atoms with Gasteiger partial charge >= 0.3 is 0 Å². The van der Waals surface area contributed by atoms with E-state index in [2.05, 4.69) is 4.98 Å². The molecule has 0 atom stereocenters. The summed E-state index contributed by atoms with van der Waals surface area (Å²) in [6, 6.07) is 7.59. The van der Waals surface area contributed by atoms with Gasteiger partial charge in [0, 0.05) is 6.07 Å². The fourth-order valence-corrected chi connectivity index (χ4v) is 1.90. The SMILES string of the molecule is Cc1cc(F)ccc1Oc1ccc(Cl)c(CCl)n1. The lowest BCUT2D eigenvalue weighted by Crippen LogP contribution is -1.94. The largest absolute Gasteiger partial charge is 0.439 e. The maximum atomic E-state index is 13.0. The Kier molecular flexibility index (Phi) is 4.04. The van der Waals surface area contributed by atoms with Crippen LogP contribution < -0.4 is 4.74 Å². The van der Waals surface area contributed by atoms with Crippen molar-refractivity contribution in [1.29, 1.82) is 0 Å². The van der Waals surface area contributed by atoms with E-state index in [-0.39, 0.29) is 11.7 Å². The van der Waals surface area contributed by atoms with E-state index in [4.69, 9.17) is 27.9 Å². The molecule has 0 bridgehead atoms. The first-order valence-corrected chi connectivity index (χ1v) is 6.17. The molecule has 0 fully saturated rings. The maximum Gasteiger partial charge on any atom is 0.219 e. The van der Waals surface area contributed by atoms with Gasteiger partial charge in [-0.25, -0.2) is 9.37 Å². The summed E-state index contributed by atoms with van der Waals surface area (Å²) in [6.45, 7) is 1.76. The normalized spacial score (nSPS) is 10.4. The topological polar surface area (TPSA) is 22.1 Å². The molecule has 94 valence electrons. The fourth-order valence-electron chi connectivity index (χ4n) is 1.45. The third-order valence-electron chi connectivity index (χ3n) is 2.37. The van der Waals surface area contributed by atoms with Crippen LogP contribution in [0.1, 0.15) is 11.3 Å². The zero-order valence-electron chi connectivity index (χ0n) is 9.58. The van der Waals surface area contributed by atoms with Crippen molar-refractivity contribution in [1.82, 2.24) is 4.98 Å². The van der Waals surface area contributed by atoms with Gasteiger partial charge in [0.25, 0.3) is 0 Å². The number of ether oxygens (including phenoxy) is 1. The number of hydrogen-bond donors (Lipinski definition) is 0. The second-order valence-electron chi connectivity index (χ2n) is 3.72. The summed E-state index contributed by atoms with van der Waals surface area (Å²) < 4.78 is 18.5. The molecule has 1 aromatic heterocycles. The Labute approximate surface area is 114 Å². The molecule has 0 saturated carbocycles. The summed E-state index contributed by atoms with van der Waals surface area (Å²) in [5.74, 6) is 0.834. The maximum absolute atomic E-state index is 13.0. The Morgan fingerprint density at radius 1 is 1.28 bits per heavy atom. The van der Waals surface area contributed by atoms with Crippen LogP contribution in [-0.4, -0.2) is 4.98 Å². The van der Waals surface area contributed by atoms with Crippen molar-refractivity contribution in [2.75, 3.05) is 0 Å². The van der Waals surface area contributed by atoms with Gasteiger partial charge in [-0.05, 0) is 36.8 Å². The van der Waals surface area contributed by atoms with Gasteiger partial charge in [0.15, 0.2) is 0 Å². The molecule has 1 heterocycles. The Bertz CT molecular complexity index is 575. The molecule has 0 radical (unpaired) electrons. The van der Waals surface area contributed by atoms with Crippen LogP contribution in [0, 0.1) is 12.7 Å². The van der Waals surface area contributed by atoms with E-state index in [9.17, 15) is 4.39 Å². The average molecular weight is 286 g/mol. The number of alkyl halides is 1. The summed E-state index contributed by atoms with van der Waals surface area (Å²) in [5, 5.41) is 0.494. The molecular formula is C13H10Cl2FNO. The second kappa shape index (κ2) is 5.55. The molecule has 0 spiro atoms. The number of aryl methyl sites for hydroxylation is 1. The molecule has 18 heavy (non-hydrogen) atoms. The smallest absolute Gasteiger partial charge is 0.219 e. The van der Waals surface area contributed by atoms with E-state index in [1.54, 1.807) is 25.1 Å². The first kappa shape index (κ1) is 13.1. The van der Waals surface area contributed by atoms with E-state index in [1.165, 1.54) is 12.1 Å². The highest BCUT2D eigenvalue weighted by Gasteiger charge is 2.07. The third-order valence-corrected chi connectivity index (χ3v) is 2.97. The molecule has 0 amide bonds. The third kappa shape index (κ3) is 2.92. The van der Waals surface area contributed by atoms with Crippen molar-refractivity contribution in [3.05, 3.63) is 52.4 Å². The van der Waals surface area contributed by atoms with Crippen LogP contribution in [0.4, 0.5) is 4.39 Å². The van der Waals surface area contributed by atoms with E-state index >= 15 is 0 Å². The van der Waals surface area contributed by atoms with Gasteiger partial charge in [-0.2, -0.15) is 0 Å². The lowest BCUT2D eigenvalue weighted by atomic mass is 10.2. The summed E-state index contributed by atoms with van der Waals surface area (Å²) >= 11 is 11.6. The molecule has 5 heteroatoms. The first-order valence-electron chi connectivity index (χ1n) is 5.25. The van der Waals surface area contributed by atoms with Crippen molar-refractivity contribution in [2.24, 2.45) is 0 Å². The first-order chi connectivity index (χ1) is 8.60. The van der Waals surface area contributed by atoms with Crippen LogP contribution in [0.5, 0.6) is 11.6 Å². The molecular weight excluding hydrogens is 276 g/mol. The number of halogens is 3. The Hall–Kier alpha value is -1.32. The summed E-state index contributed by atoms with van der Waals surface area (Å²) in [4.78, 5) is 4.17. The van der Waals surface area contributed by atoms with Crippen molar-refractivity contribution in [2.45, 2.75) is 12.8 Å². The van der Waals surface area contributed by atoms with Crippen molar-refractivity contribution in [3.8, 4) is 11.6 Å². The lowest BCUT2D eigenvalue weighted by molar-refractivity contribution is 0.456. The van der Waals surface area contributed by atoms with Crippen molar-refractivity contribution in [3.63, 3.8) is 0 Å². The van der Waals surface area contributed by atoms with E-state index in [0.717, 1.165) is 0 Å². The van der Waals surface area contributed by atoms with Crippen LogP contribution >= 0.6 is 23.2 Å². The second-order valence-corrected chi connectivity index (χ2v) is 4.40. The standard InChI is InChI=1S/C13H10Cl2FNO/c1-8-6-9(16)2-4-12(8)18-13-5-3-10(15)11(7-14)17-13/h2-6H,7H2,1H3. The van der Waals surface area contributed by atoms with E-state index in [1.807, 2.05) is 0 Å². The molecule has 2 nitrogen and oxygen atoms in total. The summed E-state index contributed by atoms with van der Waals surface area (Å²) in [7, 11) is 0. The Balaban J connectivity index is 2.28. The number of rotatable bonds is 3. The quantitative estimate of drug-likeness (QED) is 0.762. The van der Waals surface area contributed by atoms with E-state index in [0.29, 0.717) is 27.9 Å². The van der Waals surface area contributed by atoms with E-state index < -0.39 is 0 Å². The predicted molar refractivity (Wildman–Crippen MR) is 70.0 cm³/mol. The minimum atomic E-state index is -0.301. The molecule has 1 aromatic carbocycles. The van der Waals surface area contributed by atoms with Gasteiger partial charge in [0.1, 0.15) is 11.6 Å². The average Bonchev–Trinajstić information content (AvgIpc) is 2.35. The summed E-state index contributed by atoms with van der Waals surface area (Å²) in [6.07, 6.45) is 0. The van der Waals surface area contributed by atoms with Gasteiger partial charge in [-0.15, -0.1) is 11.6 Å². The molecule has 0 aliphatic carbocycles. The fraction of sp³-hybridized carbons (Fsp3) is 0.154. The summed E-state index contributed by atoms with van der Waals surface area (Å²) in [5.41, 5.74) is 1.25. The Morgan fingerprint density at radius 3 is 2.72 bits per heavy atom. The minimum Gasteiger partial charge on any atom is -0.439 e. The van der Waals surface area contributed by atoms with Gasteiger partial charge < -0.3 is 4.74 Å². The zero-order valence-corrected chi connectivity index (χ0v) is 11.1. The molecule has 2 aromatic rings. The molecule has 0 saturated heterocycles. The van der Waals surface area contributed by atoms with Gasteiger partial charge in [-0.3, -0.25) is 0 Å². The highest BCUT2D eigenvalue weighted by Crippen LogP contribution is 2.26. The Morgan fingerprint density at radius 2 is 2.06 bits per heavy atom. The van der Waals surface area contributed by atoms with Crippen LogP contribution in [0.25, 0.3) is 0 Å². The van der Waals surface area contributed by atoms with Gasteiger partial charge in [-0.1, -0.05) is 11.6 Å². The number of benzene rings is 1. The lowest BCUT2D eigenvalue weighted by Gasteiger charge is -2.09. The minimum absolute atomic E-state index is 0.207. The van der Waals surface area contributed by atoms with Crippen molar-refractivity contribution < 1.29 is 9.13 Å². The molecule has 0 aliphatic rings. The highest BCUT2D eigenvalue weighted by atomic mass is 35.5. The van der Waals surface area contributed by atoms with Crippen LogP contribution in [-0.2, 0) is 5.88 Å². The zero-order chi connectivity index (χ0) is 13.1. The highest BCUT2D eigenvalue weighted by molar-refractivity contribution is 6.32. The number of aromatic nitrogens is 1. The van der Waals surface area contributed by atoms with Crippen LogP contribution in [0.15, 0.2) is 30.3 Å².